The lowest BCUT2D eigenvalue weighted by atomic mass is 9.53. The molecule has 0 aliphatic heterocycles. The summed E-state index contributed by atoms with van der Waals surface area (Å²) >= 11 is 0. The lowest BCUT2D eigenvalue weighted by Gasteiger charge is -2.53. The van der Waals surface area contributed by atoms with Crippen LogP contribution in [-0.4, -0.2) is 21.8 Å². The number of aliphatic carboxylic acids is 1. The van der Waals surface area contributed by atoms with Crippen molar-refractivity contribution in [2.75, 3.05) is 0 Å². The van der Waals surface area contributed by atoms with Gasteiger partial charge in [0.15, 0.2) is 0 Å². The number of carboxylic acid groups (broad SMARTS) is 1. The molecule has 0 aromatic rings. The third-order valence-electron chi connectivity index (χ3n) is 5.31. The highest BCUT2D eigenvalue weighted by molar-refractivity contribution is 5.77. The van der Waals surface area contributed by atoms with Gasteiger partial charge in [0.2, 0.25) is 0 Å². The summed E-state index contributed by atoms with van der Waals surface area (Å²) in [7, 11) is 0. The molecule has 0 aromatic carbocycles. The van der Waals surface area contributed by atoms with E-state index in [2.05, 4.69) is 13.8 Å². The minimum Gasteiger partial charge on any atom is -0.481 e. The Morgan fingerprint density at radius 3 is 2.00 bits per heavy atom. The zero-order chi connectivity index (χ0) is 12.7. The number of hydrogen-bond donors (Lipinski definition) is 2. The molecule has 0 spiro atoms. The number of aliphatic hydroxyl groups is 1. The summed E-state index contributed by atoms with van der Waals surface area (Å²) in [4.78, 5) is 11.5. The maximum atomic E-state index is 11.5. The lowest BCUT2D eigenvalue weighted by molar-refractivity contribution is -0.193. The Bertz CT molecular complexity index is 297. The van der Waals surface area contributed by atoms with Gasteiger partial charge in [-0.25, -0.2) is 0 Å². The number of rotatable bonds is 3. The fourth-order valence-corrected chi connectivity index (χ4v) is 3.67. The second kappa shape index (κ2) is 4.27. The Morgan fingerprint density at radius 1 is 1.18 bits per heavy atom. The monoisotopic (exact) mass is 240 g/mol. The highest BCUT2D eigenvalue weighted by atomic mass is 16.4. The van der Waals surface area contributed by atoms with Gasteiger partial charge in [0.25, 0.3) is 0 Å². The van der Waals surface area contributed by atoms with Crippen LogP contribution in [0.3, 0.4) is 0 Å². The zero-order valence-electron chi connectivity index (χ0n) is 10.9. The van der Waals surface area contributed by atoms with E-state index in [1.54, 1.807) is 0 Å². The smallest absolute Gasteiger partial charge is 0.312 e. The minimum absolute atomic E-state index is 0.640. The van der Waals surface area contributed by atoms with Crippen molar-refractivity contribution in [3.05, 3.63) is 0 Å². The summed E-state index contributed by atoms with van der Waals surface area (Å²) in [6.07, 6.45) is 5.55. The average molecular weight is 240 g/mol. The van der Waals surface area contributed by atoms with E-state index in [4.69, 9.17) is 0 Å². The Morgan fingerprint density at radius 2 is 1.71 bits per heavy atom. The van der Waals surface area contributed by atoms with Crippen molar-refractivity contribution in [3.63, 3.8) is 0 Å². The molecule has 0 saturated heterocycles. The van der Waals surface area contributed by atoms with Crippen molar-refractivity contribution in [2.45, 2.75) is 64.4 Å². The second-order valence-electron chi connectivity index (χ2n) is 6.35. The van der Waals surface area contributed by atoms with Crippen molar-refractivity contribution in [3.8, 4) is 0 Å². The summed E-state index contributed by atoms with van der Waals surface area (Å²) in [6, 6.07) is 0. The third-order valence-corrected chi connectivity index (χ3v) is 5.31. The van der Waals surface area contributed by atoms with E-state index in [0.29, 0.717) is 37.5 Å². The minimum atomic E-state index is -0.942. The first-order valence-electron chi connectivity index (χ1n) is 6.87. The van der Waals surface area contributed by atoms with Gasteiger partial charge in [-0.3, -0.25) is 4.79 Å². The molecule has 2 rings (SSSR count). The van der Waals surface area contributed by atoms with Crippen LogP contribution >= 0.6 is 0 Å². The summed E-state index contributed by atoms with van der Waals surface area (Å²) < 4.78 is 0. The molecule has 0 atom stereocenters. The second-order valence-corrected chi connectivity index (χ2v) is 6.35. The Balaban J connectivity index is 2.09. The van der Waals surface area contributed by atoms with Crippen molar-refractivity contribution in [1.82, 2.24) is 0 Å². The van der Waals surface area contributed by atoms with Gasteiger partial charge in [0.1, 0.15) is 0 Å². The fraction of sp³-hybridized carbons (Fsp3) is 0.929. The van der Waals surface area contributed by atoms with Gasteiger partial charge in [0, 0.05) is 0 Å². The molecular weight excluding hydrogens is 216 g/mol. The Hall–Kier alpha value is -0.570. The van der Waals surface area contributed by atoms with Gasteiger partial charge >= 0.3 is 5.97 Å². The van der Waals surface area contributed by atoms with Crippen LogP contribution in [-0.2, 0) is 4.79 Å². The molecule has 0 unspecified atom stereocenters. The molecule has 0 heterocycles. The van der Waals surface area contributed by atoms with E-state index in [1.165, 1.54) is 0 Å². The zero-order valence-corrected chi connectivity index (χ0v) is 10.9. The van der Waals surface area contributed by atoms with E-state index in [0.717, 1.165) is 19.3 Å². The highest BCUT2D eigenvalue weighted by Gasteiger charge is 2.59. The molecule has 0 amide bonds. The van der Waals surface area contributed by atoms with Crippen molar-refractivity contribution >= 4 is 5.97 Å². The van der Waals surface area contributed by atoms with Gasteiger partial charge in [-0.05, 0) is 50.4 Å². The maximum Gasteiger partial charge on any atom is 0.312 e. The van der Waals surface area contributed by atoms with E-state index < -0.39 is 17.0 Å². The lowest BCUT2D eigenvalue weighted by Crippen LogP contribution is -2.58. The molecule has 2 fully saturated rings. The SMILES string of the molecule is CC(C)C1CCC(O)(C2(C(=O)O)CCC2)CC1. The fourth-order valence-electron chi connectivity index (χ4n) is 3.67. The Labute approximate surface area is 103 Å². The summed E-state index contributed by atoms with van der Waals surface area (Å²) in [6.45, 7) is 4.43. The standard InChI is InChI=1S/C14H24O3/c1-10(2)11-4-8-14(17,9-5-11)13(12(15)16)6-3-7-13/h10-11,17H,3-9H2,1-2H3,(H,15,16). The average Bonchev–Trinajstić information content (AvgIpc) is 2.14. The van der Waals surface area contributed by atoms with Crippen molar-refractivity contribution < 1.29 is 15.0 Å². The van der Waals surface area contributed by atoms with Crippen molar-refractivity contribution in [2.24, 2.45) is 17.3 Å². The normalized spacial score (nSPS) is 36.6. The number of carbonyl (C=O) groups is 1. The molecule has 0 aromatic heterocycles. The quantitative estimate of drug-likeness (QED) is 0.797. The predicted octanol–water partition coefficient (Wildman–Crippen LogP) is 2.82. The van der Waals surface area contributed by atoms with Crippen LogP contribution < -0.4 is 0 Å². The van der Waals surface area contributed by atoms with Crippen LogP contribution in [0.2, 0.25) is 0 Å². The summed E-state index contributed by atoms with van der Waals surface area (Å²) in [5.74, 6) is 0.511. The summed E-state index contributed by atoms with van der Waals surface area (Å²) in [5.41, 5.74) is -1.77. The first-order chi connectivity index (χ1) is 7.91. The van der Waals surface area contributed by atoms with Crippen LogP contribution in [0.25, 0.3) is 0 Å². The molecule has 2 aliphatic rings. The van der Waals surface area contributed by atoms with Crippen LogP contribution in [0, 0.1) is 17.3 Å². The van der Waals surface area contributed by atoms with E-state index in [-0.39, 0.29) is 0 Å². The van der Waals surface area contributed by atoms with E-state index in [1.807, 2.05) is 0 Å². The first-order valence-corrected chi connectivity index (χ1v) is 6.87. The molecule has 2 N–H and O–H groups in total. The van der Waals surface area contributed by atoms with Gasteiger partial charge in [-0.2, -0.15) is 0 Å². The molecule has 3 nitrogen and oxygen atoms in total. The largest absolute Gasteiger partial charge is 0.481 e. The third kappa shape index (κ3) is 1.88. The van der Waals surface area contributed by atoms with Gasteiger partial charge in [0.05, 0.1) is 11.0 Å². The summed E-state index contributed by atoms with van der Waals surface area (Å²) in [5, 5.41) is 20.1. The van der Waals surface area contributed by atoms with Crippen LogP contribution in [0.1, 0.15) is 58.8 Å². The number of carboxylic acids is 1. The van der Waals surface area contributed by atoms with Gasteiger partial charge in [-0.15, -0.1) is 0 Å². The van der Waals surface area contributed by atoms with Gasteiger partial charge in [-0.1, -0.05) is 20.3 Å². The van der Waals surface area contributed by atoms with Crippen LogP contribution in [0.5, 0.6) is 0 Å². The molecule has 2 aliphatic carbocycles. The van der Waals surface area contributed by atoms with E-state index in [9.17, 15) is 15.0 Å². The highest BCUT2D eigenvalue weighted by Crippen LogP contribution is 2.55. The first kappa shape index (κ1) is 12.9. The predicted molar refractivity (Wildman–Crippen MR) is 65.7 cm³/mol. The van der Waals surface area contributed by atoms with Crippen LogP contribution in [0.15, 0.2) is 0 Å². The maximum absolute atomic E-state index is 11.5. The Kier molecular flexibility index (Phi) is 3.23. The van der Waals surface area contributed by atoms with Gasteiger partial charge < -0.3 is 10.2 Å². The van der Waals surface area contributed by atoms with E-state index >= 15 is 0 Å². The molecule has 0 radical (unpaired) electrons. The van der Waals surface area contributed by atoms with Crippen molar-refractivity contribution in [1.29, 1.82) is 0 Å². The molecule has 2 saturated carbocycles. The van der Waals surface area contributed by atoms with Crippen LogP contribution in [0.4, 0.5) is 0 Å². The molecule has 0 bridgehead atoms. The molecule has 3 heteroatoms. The molecular formula is C14H24O3. The number of hydrogen-bond acceptors (Lipinski definition) is 2. The molecule has 17 heavy (non-hydrogen) atoms. The topological polar surface area (TPSA) is 57.5 Å². The molecule has 98 valence electrons.